The van der Waals surface area contributed by atoms with E-state index in [9.17, 15) is 24.3 Å². The van der Waals surface area contributed by atoms with Gasteiger partial charge in [-0.2, -0.15) is 0 Å². The van der Waals surface area contributed by atoms with Gasteiger partial charge in [-0.05, 0) is 24.0 Å². The molecular formula is C25H30N2O7. The van der Waals surface area contributed by atoms with Crippen LogP contribution in [0.1, 0.15) is 31.4 Å². The first-order chi connectivity index (χ1) is 16.3. The Kier molecular flexibility index (Phi) is 10.6. The number of hydrogen-bond donors (Lipinski definition) is 3. The molecule has 182 valence electrons. The van der Waals surface area contributed by atoms with Crippen LogP contribution in [-0.2, 0) is 36.9 Å². The summed E-state index contributed by atoms with van der Waals surface area (Å²) in [5, 5.41) is 14.6. The quantitative estimate of drug-likeness (QED) is 0.407. The van der Waals surface area contributed by atoms with Crippen LogP contribution in [-0.4, -0.2) is 47.7 Å². The number of carboxylic acids is 1. The summed E-state index contributed by atoms with van der Waals surface area (Å²) < 4.78 is 10.1. The molecular weight excluding hydrogens is 440 g/mol. The molecule has 0 aromatic heterocycles. The van der Waals surface area contributed by atoms with Crippen molar-refractivity contribution < 1.29 is 33.8 Å². The number of benzene rings is 2. The van der Waals surface area contributed by atoms with Gasteiger partial charge in [-0.1, -0.05) is 67.6 Å². The summed E-state index contributed by atoms with van der Waals surface area (Å²) in [6, 6.07) is 15.6. The van der Waals surface area contributed by atoms with E-state index in [1.54, 1.807) is 43.3 Å². The largest absolute Gasteiger partial charge is 0.480 e. The van der Waals surface area contributed by atoms with E-state index in [2.05, 4.69) is 10.6 Å². The number of amides is 2. The Morgan fingerprint density at radius 3 is 2.03 bits per heavy atom. The molecule has 34 heavy (non-hydrogen) atoms. The summed E-state index contributed by atoms with van der Waals surface area (Å²) in [6.07, 6.45) is -0.876. The van der Waals surface area contributed by atoms with Gasteiger partial charge in [0, 0.05) is 6.42 Å². The first-order valence-corrected chi connectivity index (χ1v) is 11.0. The molecule has 0 radical (unpaired) electrons. The smallest absolute Gasteiger partial charge is 0.408 e. The molecule has 3 N–H and O–H groups in total. The fourth-order valence-corrected chi connectivity index (χ4v) is 3.27. The third kappa shape index (κ3) is 8.93. The van der Waals surface area contributed by atoms with Crippen molar-refractivity contribution in [2.24, 2.45) is 5.92 Å². The van der Waals surface area contributed by atoms with Gasteiger partial charge in [-0.3, -0.25) is 9.59 Å². The maximum atomic E-state index is 13.0. The number of carbonyl (C=O) groups excluding carboxylic acids is 3. The van der Waals surface area contributed by atoms with Gasteiger partial charge < -0.3 is 25.2 Å². The van der Waals surface area contributed by atoms with Crippen LogP contribution in [0.4, 0.5) is 4.79 Å². The van der Waals surface area contributed by atoms with Gasteiger partial charge in [-0.15, -0.1) is 0 Å². The van der Waals surface area contributed by atoms with Crippen molar-refractivity contribution >= 4 is 23.9 Å². The summed E-state index contributed by atoms with van der Waals surface area (Å²) in [5.74, 6) is -3.29. The lowest BCUT2D eigenvalue weighted by Gasteiger charge is -2.24. The van der Waals surface area contributed by atoms with Crippen molar-refractivity contribution in [3.05, 3.63) is 71.8 Å². The number of carboxylic acid groups (broad SMARTS) is 1. The van der Waals surface area contributed by atoms with Gasteiger partial charge in [0.1, 0.15) is 18.7 Å². The molecule has 9 heteroatoms. The van der Waals surface area contributed by atoms with Gasteiger partial charge in [0.05, 0.1) is 13.0 Å². The fraction of sp³-hybridized carbons (Fsp3) is 0.360. The highest BCUT2D eigenvalue weighted by Crippen LogP contribution is 2.12. The predicted molar refractivity (Wildman–Crippen MR) is 124 cm³/mol. The van der Waals surface area contributed by atoms with Crippen molar-refractivity contribution in [3.63, 3.8) is 0 Å². The predicted octanol–water partition coefficient (Wildman–Crippen LogP) is 2.68. The summed E-state index contributed by atoms with van der Waals surface area (Å²) in [4.78, 5) is 49.0. The van der Waals surface area contributed by atoms with Crippen LogP contribution < -0.4 is 10.6 Å². The minimum atomic E-state index is -1.35. The monoisotopic (exact) mass is 470 g/mol. The lowest BCUT2D eigenvalue weighted by atomic mass is 9.97. The third-order valence-electron chi connectivity index (χ3n) is 5.03. The summed E-state index contributed by atoms with van der Waals surface area (Å²) in [6.45, 7) is 3.37. The van der Waals surface area contributed by atoms with Crippen LogP contribution in [0.3, 0.4) is 0 Å². The zero-order chi connectivity index (χ0) is 24.9. The molecule has 0 spiro atoms. The van der Waals surface area contributed by atoms with Gasteiger partial charge in [0.15, 0.2) is 0 Å². The summed E-state index contributed by atoms with van der Waals surface area (Å²) in [7, 11) is 0. The van der Waals surface area contributed by atoms with E-state index in [0.717, 1.165) is 11.1 Å². The number of esters is 1. The van der Waals surface area contributed by atoms with Crippen molar-refractivity contribution in [1.29, 1.82) is 0 Å². The average molecular weight is 471 g/mol. The Bertz CT molecular complexity index is 950. The number of aliphatic carboxylic acids is 1. The first-order valence-electron chi connectivity index (χ1n) is 11.0. The number of carbonyl (C=O) groups is 4. The number of hydrogen-bond acceptors (Lipinski definition) is 6. The van der Waals surface area contributed by atoms with Crippen LogP contribution in [0.2, 0.25) is 0 Å². The highest BCUT2D eigenvalue weighted by molar-refractivity contribution is 5.89. The Morgan fingerprint density at radius 2 is 1.47 bits per heavy atom. The van der Waals surface area contributed by atoms with E-state index >= 15 is 0 Å². The lowest BCUT2D eigenvalue weighted by molar-refractivity contribution is -0.147. The molecule has 0 saturated carbocycles. The fourth-order valence-electron chi connectivity index (χ4n) is 3.27. The summed E-state index contributed by atoms with van der Waals surface area (Å²) >= 11 is 0. The standard InChI is InChI=1S/C25H30N2O7/c1-3-33-21(28)14-17(2)22(24(30)31)27-23(29)20(15-18-10-6-4-7-11-18)26-25(32)34-16-19-12-8-5-9-13-19/h4-13,17,20,22H,3,14-16H2,1-2H3,(H,26,32)(H,27,29)(H,30,31)/t17-,20+,22+/m1/s1. The molecule has 2 aromatic rings. The van der Waals surface area contributed by atoms with E-state index in [1.807, 2.05) is 24.3 Å². The molecule has 0 saturated heterocycles. The second-order valence-corrected chi connectivity index (χ2v) is 7.76. The number of nitrogens with one attached hydrogen (secondary N) is 2. The van der Waals surface area contributed by atoms with E-state index in [0.29, 0.717) is 0 Å². The Morgan fingerprint density at radius 1 is 0.882 bits per heavy atom. The second kappa shape index (κ2) is 13.6. The molecule has 2 amide bonds. The van der Waals surface area contributed by atoms with E-state index in [4.69, 9.17) is 9.47 Å². The van der Waals surface area contributed by atoms with Gasteiger partial charge in [0.25, 0.3) is 0 Å². The Balaban J connectivity index is 2.09. The second-order valence-electron chi connectivity index (χ2n) is 7.76. The van der Waals surface area contributed by atoms with Crippen LogP contribution in [0.25, 0.3) is 0 Å². The number of alkyl carbamates (subject to hydrolysis) is 1. The van der Waals surface area contributed by atoms with E-state index in [1.165, 1.54) is 6.92 Å². The summed E-state index contributed by atoms with van der Waals surface area (Å²) in [5.41, 5.74) is 1.54. The zero-order valence-electron chi connectivity index (χ0n) is 19.2. The Hall–Kier alpha value is -3.88. The minimum absolute atomic E-state index is 0.0146. The van der Waals surface area contributed by atoms with Gasteiger partial charge in [0.2, 0.25) is 5.91 Å². The molecule has 2 rings (SSSR count). The highest BCUT2D eigenvalue weighted by atomic mass is 16.5. The topological polar surface area (TPSA) is 131 Å². The van der Waals surface area contributed by atoms with Crippen LogP contribution in [0.15, 0.2) is 60.7 Å². The van der Waals surface area contributed by atoms with Crippen LogP contribution in [0.5, 0.6) is 0 Å². The van der Waals surface area contributed by atoms with Crippen molar-refractivity contribution in [1.82, 2.24) is 10.6 Å². The number of rotatable bonds is 12. The van der Waals surface area contributed by atoms with Crippen LogP contribution in [0, 0.1) is 5.92 Å². The van der Waals surface area contributed by atoms with E-state index in [-0.39, 0.29) is 26.1 Å². The molecule has 9 nitrogen and oxygen atoms in total. The SMILES string of the molecule is CCOC(=O)C[C@@H](C)[C@H](NC(=O)[C@H](Cc1ccccc1)NC(=O)OCc1ccccc1)C(=O)O. The molecule has 0 unspecified atom stereocenters. The molecule has 0 heterocycles. The highest BCUT2D eigenvalue weighted by Gasteiger charge is 2.32. The molecule has 0 aliphatic rings. The molecule has 0 bridgehead atoms. The van der Waals surface area contributed by atoms with Crippen molar-refractivity contribution in [2.75, 3.05) is 6.61 Å². The Labute approximate surface area is 198 Å². The average Bonchev–Trinajstić information content (AvgIpc) is 2.81. The van der Waals surface area contributed by atoms with Crippen molar-refractivity contribution in [2.45, 2.75) is 45.4 Å². The normalized spacial score (nSPS) is 13.1. The minimum Gasteiger partial charge on any atom is -0.480 e. The first kappa shape index (κ1) is 26.4. The lowest BCUT2D eigenvalue weighted by Crippen LogP contribution is -2.54. The maximum Gasteiger partial charge on any atom is 0.408 e. The van der Waals surface area contributed by atoms with Gasteiger partial charge in [-0.25, -0.2) is 9.59 Å². The molecule has 2 aromatic carbocycles. The van der Waals surface area contributed by atoms with Crippen molar-refractivity contribution in [3.8, 4) is 0 Å². The van der Waals surface area contributed by atoms with Gasteiger partial charge >= 0.3 is 18.0 Å². The molecule has 3 atom stereocenters. The maximum absolute atomic E-state index is 13.0. The van der Waals surface area contributed by atoms with E-state index < -0.39 is 41.9 Å². The molecule has 0 aliphatic heterocycles. The molecule has 0 fully saturated rings. The number of ether oxygens (including phenoxy) is 2. The molecule has 0 aliphatic carbocycles. The third-order valence-corrected chi connectivity index (χ3v) is 5.03. The zero-order valence-corrected chi connectivity index (χ0v) is 19.2. The van der Waals surface area contributed by atoms with Crippen LogP contribution >= 0.6 is 0 Å².